The number of nitrogens with zero attached hydrogens (tertiary/aromatic N) is 2. The Hall–Kier alpha value is -1.16. The number of aromatic nitrogens is 2. The van der Waals surface area contributed by atoms with Crippen LogP contribution in [0.2, 0.25) is 0 Å². The molecule has 1 unspecified atom stereocenters. The van der Waals surface area contributed by atoms with Crippen molar-refractivity contribution in [3.05, 3.63) is 18.2 Å². The molecule has 66 valence electrons. The summed E-state index contributed by atoms with van der Waals surface area (Å²) in [4.78, 5) is 8.16. The fourth-order valence-corrected chi connectivity index (χ4v) is 0.927. The summed E-state index contributed by atoms with van der Waals surface area (Å²) in [5.41, 5.74) is 6.03. The molecule has 0 spiro atoms. The Balaban J connectivity index is 2.68. The molecule has 4 heteroatoms. The lowest BCUT2D eigenvalue weighted by atomic mass is 10.2. The highest BCUT2D eigenvalue weighted by atomic mass is 16.5. The Morgan fingerprint density at radius 3 is 2.58 bits per heavy atom. The Kier molecular flexibility index (Phi) is 2.99. The van der Waals surface area contributed by atoms with Crippen LogP contribution < -0.4 is 5.73 Å². The topological polar surface area (TPSA) is 61.0 Å². The zero-order valence-corrected chi connectivity index (χ0v) is 7.32. The molecule has 0 saturated carbocycles. The van der Waals surface area contributed by atoms with Gasteiger partial charge < -0.3 is 10.5 Å². The first-order valence-electron chi connectivity index (χ1n) is 3.80. The molecule has 2 N–H and O–H groups in total. The Labute approximate surface area is 71.8 Å². The highest BCUT2D eigenvalue weighted by Gasteiger charge is 2.06. The first-order valence-corrected chi connectivity index (χ1v) is 3.80. The van der Waals surface area contributed by atoms with E-state index in [-0.39, 0.29) is 5.92 Å². The summed E-state index contributed by atoms with van der Waals surface area (Å²) in [6.45, 7) is 2.64. The normalized spacial score (nSPS) is 12.8. The zero-order valence-electron chi connectivity index (χ0n) is 7.32. The van der Waals surface area contributed by atoms with Gasteiger partial charge in [-0.05, 0) is 0 Å². The minimum absolute atomic E-state index is 0.218. The first kappa shape index (κ1) is 8.93. The number of hydrogen-bond acceptors (Lipinski definition) is 4. The van der Waals surface area contributed by atoms with Crippen molar-refractivity contribution in [2.24, 2.45) is 0 Å². The monoisotopic (exact) mass is 167 g/mol. The fraction of sp³-hybridized carbons (Fsp3) is 0.500. The van der Waals surface area contributed by atoms with Crippen LogP contribution in [0.25, 0.3) is 0 Å². The average molecular weight is 167 g/mol. The second-order valence-electron chi connectivity index (χ2n) is 2.73. The summed E-state index contributed by atoms with van der Waals surface area (Å²) in [5.74, 6) is 0.988. The summed E-state index contributed by atoms with van der Waals surface area (Å²) in [5, 5.41) is 0. The number of hydrogen-bond donors (Lipinski definition) is 1. The average Bonchev–Trinajstić information content (AvgIpc) is 2.06. The summed E-state index contributed by atoms with van der Waals surface area (Å²) in [6.07, 6.45) is 3.21. The molecule has 0 aliphatic rings. The molecular formula is C8H13N3O. The van der Waals surface area contributed by atoms with Gasteiger partial charge in [0.25, 0.3) is 0 Å². The molecule has 0 bridgehead atoms. The minimum atomic E-state index is 0.218. The van der Waals surface area contributed by atoms with Gasteiger partial charge in [0, 0.05) is 13.0 Å². The molecule has 1 aromatic heterocycles. The van der Waals surface area contributed by atoms with Gasteiger partial charge in [-0.1, -0.05) is 6.92 Å². The Morgan fingerprint density at radius 1 is 1.50 bits per heavy atom. The zero-order chi connectivity index (χ0) is 8.97. The van der Waals surface area contributed by atoms with Crippen molar-refractivity contribution in [2.45, 2.75) is 12.8 Å². The molecule has 1 atom stereocenters. The van der Waals surface area contributed by atoms with E-state index in [4.69, 9.17) is 10.5 Å². The van der Waals surface area contributed by atoms with Crippen molar-refractivity contribution in [1.82, 2.24) is 9.97 Å². The number of nitrogen functional groups attached to an aromatic ring is 1. The quantitative estimate of drug-likeness (QED) is 0.723. The molecule has 0 saturated heterocycles. The van der Waals surface area contributed by atoms with Gasteiger partial charge >= 0.3 is 0 Å². The van der Waals surface area contributed by atoms with Crippen LogP contribution >= 0.6 is 0 Å². The predicted octanol–water partition coefficient (Wildman–Crippen LogP) is 0.809. The van der Waals surface area contributed by atoms with Gasteiger partial charge in [-0.3, -0.25) is 0 Å². The van der Waals surface area contributed by atoms with Gasteiger partial charge in [0.1, 0.15) is 5.82 Å². The lowest BCUT2D eigenvalue weighted by Gasteiger charge is -2.07. The molecule has 0 aliphatic heterocycles. The van der Waals surface area contributed by atoms with Crippen LogP contribution in [0.3, 0.4) is 0 Å². The molecule has 0 aromatic carbocycles. The van der Waals surface area contributed by atoms with Crippen LogP contribution in [0.4, 0.5) is 5.69 Å². The van der Waals surface area contributed by atoms with E-state index in [1.165, 1.54) is 0 Å². The van der Waals surface area contributed by atoms with E-state index >= 15 is 0 Å². The maximum absolute atomic E-state index is 5.44. The third-order valence-electron chi connectivity index (χ3n) is 1.55. The van der Waals surface area contributed by atoms with Crippen molar-refractivity contribution in [3.63, 3.8) is 0 Å². The van der Waals surface area contributed by atoms with Gasteiger partial charge in [0.05, 0.1) is 24.7 Å². The van der Waals surface area contributed by atoms with Crippen LogP contribution in [0, 0.1) is 0 Å². The maximum atomic E-state index is 5.44. The number of nitrogens with two attached hydrogens (primary N) is 1. The van der Waals surface area contributed by atoms with Gasteiger partial charge in [-0.2, -0.15) is 0 Å². The Morgan fingerprint density at radius 2 is 2.08 bits per heavy atom. The van der Waals surface area contributed by atoms with Crippen molar-refractivity contribution in [2.75, 3.05) is 19.5 Å². The first-order chi connectivity index (χ1) is 5.74. The lowest BCUT2D eigenvalue weighted by Crippen LogP contribution is -2.06. The van der Waals surface area contributed by atoms with Crippen molar-refractivity contribution in [1.29, 1.82) is 0 Å². The smallest absolute Gasteiger partial charge is 0.133 e. The van der Waals surface area contributed by atoms with Crippen LogP contribution in [-0.4, -0.2) is 23.7 Å². The van der Waals surface area contributed by atoms with Crippen LogP contribution in [0.15, 0.2) is 12.4 Å². The van der Waals surface area contributed by atoms with E-state index in [0.29, 0.717) is 12.3 Å². The molecule has 1 aromatic rings. The van der Waals surface area contributed by atoms with E-state index in [1.54, 1.807) is 19.5 Å². The van der Waals surface area contributed by atoms with Gasteiger partial charge in [-0.15, -0.1) is 0 Å². The SMILES string of the molecule is COCC(C)c1ncc(N)cn1. The lowest BCUT2D eigenvalue weighted by molar-refractivity contribution is 0.181. The highest BCUT2D eigenvalue weighted by Crippen LogP contribution is 2.09. The van der Waals surface area contributed by atoms with Crippen LogP contribution in [0.1, 0.15) is 18.7 Å². The summed E-state index contributed by atoms with van der Waals surface area (Å²) >= 11 is 0. The maximum Gasteiger partial charge on any atom is 0.133 e. The number of methoxy groups -OCH3 is 1. The molecule has 0 aliphatic carbocycles. The van der Waals surface area contributed by atoms with Gasteiger partial charge in [0.15, 0.2) is 0 Å². The Bertz CT molecular complexity index is 235. The molecule has 0 amide bonds. The molecule has 1 rings (SSSR count). The molecule has 0 fully saturated rings. The summed E-state index contributed by atoms with van der Waals surface area (Å²) < 4.78 is 4.98. The molecule has 0 radical (unpaired) electrons. The van der Waals surface area contributed by atoms with Crippen molar-refractivity contribution in [3.8, 4) is 0 Å². The molecule has 1 heterocycles. The standard InChI is InChI=1S/C8H13N3O/c1-6(5-12-2)8-10-3-7(9)4-11-8/h3-4,6H,5,9H2,1-2H3. The van der Waals surface area contributed by atoms with Gasteiger partial charge in [0.2, 0.25) is 0 Å². The van der Waals surface area contributed by atoms with Crippen LogP contribution in [0.5, 0.6) is 0 Å². The fourth-order valence-electron chi connectivity index (χ4n) is 0.927. The highest BCUT2D eigenvalue weighted by molar-refractivity contribution is 5.30. The molecule has 12 heavy (non-hydrogen) atoms. The van der Waals surface area contributed by atoms with E-state index in [2.05, 4.69) is 9.97 Å². The number of ether oxygens (including phenoxy) is 1. The van der Waals surface area contributed by atoms with E-state index in [1.807, 2.05) is 6.92 Å². The van der Waals surface area contributed by atoms with Crippen LogP contribution in [-0.2, 0) is 4.74 Å². The third-order valence-corrected chi connectivity index (χ3v) is 1.55. The third kappa shape index (κ3) is 2.17. The largest absolute Gasteiger partial charge is 0.396 e. The van der Waals surface area contributed by atoms with Gasteiger partial charge in [-0.25, -0.2) is 9.97 Å². The minimum Gasteiger partial charge on any atom is -0.396 e. The summed E-state index contributed by atoms with van der Waals surface area (Å²) in [7, 11) is 1.66. The van der Waals surface area contributed by atoms with E-state index < -0.39 is 0 Å². The molecular weight excluding hydrogens is 154 g/mol. The predicted molar refractivity (Wildman–Crippen MR) is 46.7 cm³/mol. The second-order valence-corrected chi connectivity index (χ2v) is 2.73. The second kappa shape index (κ2) is 4.01. The van der Waals surface area contributed by atoms with E-state index in [0.717, 1.165) is 5.82 Å². The number of anilines is 1. The number of rotatable bonds is 3. The van der Waals surface area contributed by atoms with Crippen molar-refractivity contribution < 1.29 is 4.74 Å². The van der Waals surface area contributed by atoms with E-state index in [9.17, 15) is 0 Å². The summed E-state index contributed by atoms with van der Waals surface area (Å²) in [6, 6.07) is 0. The van der Waals surface area contributed by atoms with Crippen molar-refractivity contribution >= 4 is 5.69 Å². The molecule has 4 nitrogen and oxygen atoms in total.